The average Bonchev–Trinajstić information content (AvgIpc) is 2.33. The van der Waals surface area contributed by atoms with Crippen LogP contribution >= 0.6 is 0 Å². The smallest absolute Gasteiger partial charge is 0.0110 e. The summed E-state index contributed by atoms with van der Waals surface area (Å²) in [6.07, 6.45) is 7.04. The molecule has 2 heteroatoms. The second-order valence-corrected chi connectivity index (χ2v) is 6.31. The zero-order chi connectivity index (χ0) is 12.3. The first-order valence-corrected chi connectivity index (χ1v) is 7.68. The highest BCUT2D eigenvalue weighted by Gasteiger charge is 2.30. The number of hydrogen-bond donors (Lipinski definition) is 1. The Morgan fingerprint density at radius 1 is 1.12 bits per heavy atom. The molecule has 100 valence electrons. The fourth-order valence-corrected chi connectivity index (χ4v) is 3.60. The summed E-state index contributed by atoms with van der Waals surface area (Å²) in [5.41, 5.74) is 0. The summed E-state index contributed by atoms with van der Waals surface area (Å²) >= 11 is 0. The Morgan fingerprint density at radius 2 is 1.94 bits per heavy atom. The van der Waals surface area contributed by atoms with E-state index in [9.17, 15) is 0 Å². The van der Waals surface area contributed by atoms with Crippen LogP contribution in [0.3, 0.4) is 0 Å². The van der Waals surface area contributed by atoms with Gasteiger partial charge in [0.2, 0.25) is 0 Å². The van der Waals surface area contributed by atoms with Gasteiger partial charge in [-0.3, -0.25) is 0 Å². The van der Waals surface area contributed by atoms with E-state index < -0.39 is 0 Å². The summed E-state index contributed by atoms with van der Waals surface area (Å²) in [5, 5.41) is 3.65. The fourth-order valence-electron chi connectivity index (χ4n) is 3.60. The molecule has 0 aromatic rings. The molecule has 2 nitrogen and oxygen atoms in total. The van der Waals surface area contributed by atoms with Gasteiger partial charge in [-0.15, -0.1) is 0 Å². The Labute approximate surface area is 107 Å². The molecule has 0 aromatic heterocycles. The molecule has 2 rings (SSSR count). The SMILES string of the molecule is CCNC1CCCC(N2CCC(C)C(C)C2)C1. The lowest BCUT2D eigenvalue weighted by atomic mass is 9.84. The zero-order valence-electron chi connectivity index (χ0n) is 11.9. The first kappa shape index (κ1) is 13.4. The lowest BCUT2D eigenvalue weighted by Crippen LogP contribution is -2.49. The van der Waals surface area contributed by atoms with Crippen molar-refractivity contribution in [1.29, 1.82) is 0 Å². The molecule has 2 aliphatic rings. The van der Waals surface area contributed by atoms with E-state index in [1.807, 2.05) is 0 Å². The van der Waals surface area contributed by atoms with Crippen LogP contribution in [0.15, 0.2) is 0 Å². The minimum atomic E-state index is 0.786. The summed E-state index contributed by atoms with van der Waals surface area (Å²) in [6, 6.07) is 1.65. The van der Waals surface area contributed by atoms with Crippen LogP contribution in [0.5, 0.6) is 0 Å². The van der Waals surface area contributed by atoms with Crippen LogP contribution in [0, 0.1) is 11.8 Å². The van der Waals surface area contributed by atoms with Crippen LogP contribution < -0.4 is 5.32 Å². The summed E-state index contributed by atoms with van der Waals surface area (Å²) in [5.74, 6) is 1.82. The fraction of sp³-hybridized carbons (Fsp3) is 1.00. The van der Waals surface area contributed by atoms with Crippen LogP contribution in [-0.2, 0) is 0 Å². The molecule has 17 heavy (non-hydrogen) atoms. The molecule has 0 spiro atoms. The number of hydrogen-bond acceptors (Lipinski definition) is 2. The van der Waals surface area contributed by atoms with Crippen molar-refractivity contribution in [2.75, 3.05) is 19.6 Å². The van der Waals surface area contributed by atoms with E-state index in [1.165, 1.54) is 45.2 Å². The van der Waals surface area contributed by atoms with Crippen LogP contribution in [0.25, 0.3) is 0 Å². The highest BCUT2D eigenvalue weighted by molar-refractivity contribution is 4.87. The molecule has 0 radical (unpaired) electrons. The van der Waals surface area contributed by atoms with E-state index in [0.717, 1.165) is 30.5 Å². The van der Waals surface area contributed by atoms with Gasteiger partial charge in [0.25, 0.3) is 0 Å². The molecular weight excluding hydrogens is 208 g/mol. The first-order chi connectivity index (χ1) is 8.20. The first-order valence-electron chi connectivity index (χ1n) is 7.68. The topological polar surface area (TPSA) is 15.3 Å². The van der Waals surface area contributed by atoms with Crippen LogP contribution in [-0.4, -0.2) is 36.6 Å². The normalized spacial score (nSPS) is 40.4. The Bertz CT molecular complexity index is 227. The van der Waals surface area contributed by atoms with E-state index in [0.29, 0.717) is 0 Å². The number of nitrogens with one attached hydrogen (secondary N) is 1. The van der Waals surface area contributed by atoms with Crippen molar-refractivity contribution < 1.29 is 0 Å². The van der Waals surface area contributed by atoms with Crippen LogP contribution in [0.1, 0.15) is 52.9 Å². The van der Waals surface area contributed by atoms with Crippen molar-refractivity contribution in [3.05, 3.63) is 0 Å². The van der Waals surface area contributed by atoms with Gasteiger partial charge in [-0.2, -0.15) is 0 Å². The van der Waals surface area contributed by atoms with Gasteiger partial charge in [0.05, 0.1) is 0 Å². The zero-order valence-corrected chi connectivity index (χ0v) is 11.9. The second-order valence-electron chi connectivity index (χ2n) is 6.31. The Hall–Kier alpha value is -0.0800. The van der Waals surface area contributed by atoms with Crippen molar-refractivity contribution in [2.45, 2.75) is 65.0 Å². The lowest BCUT2D eigenvalue weighted by Gasteiger charge is -2.43. The molecule has 1 heterocycles. The summed E-state index contributed by atoms with van der Waals surface area (Å²) < 4.78 is 0. The van der Waals surface area contributed by atoms with Gasteiger partial charge in [-0.05, 0) is 50.6 Å². The van der Waals surface area contributed by atoms with E-state index in [4.69, 9.17) is 0 Å². The Kier molecular flexibility index (Phi) is 4.87. The molecule has 1 N–H and O–H groups in total. The molecule has 0 bridgehead atoms. The Morgan fingerprint density at radius 3 is 2.65 bits per heavy atom. The van der Waals surface area contributed by atoms with E-state index >= 15 is 0 Å². The molecule has 1 aliphatic heterocycles. The number of nitrogens with zero attached hydrogens (tertiary/aromatic N) is 1. The average molecular weight is 238 g/mol. The molecule has 1 saturated carbocycles. The van der Waals surface area contributed by atoms with Gasteiger partial charge in [-0.1, -0.05) is 27.2 Å². The number of rotatable bonds is 3. The van der Waals surface area contributed by atoms with Crippen LogP contribution in [0.2, 0.25) is 0 Å². The van der Waals surface area contributed by atoms with Crippen molar-refractivity contribution >= 4 is 0 Å². The minimum absolute atomic E-state index is 0.786. The molecule has 4 atom stereocenters. The maximum atomic E-state index is 3.65. The molecule has 2 fully saturated rings. The number of likely N-dealkylation sites (tertiary alicyclic amines) is 1. The van der Waals surface area contributed by atoms with Gasteiger partial charge in [0.15, 0.2) is 0 Å². The summed E-state index contributed by atoms with van der Waals surface area (Å²) in [7, 11) is 0. The predicted octanol–water partition coefficient (Wildman–Crippen LogP) is 2.89. The van der Waals surface area contributed by atoms with Gasteiger partial charge in [-0.25, -0.2) is 0 Å². The van der Waals surface area contributed by atoms with Crippen LogP contribution in [0.4, 0.5) is 0 Å². The monoisotopic (exact) mass is 238 g/mol. The summed E-state index contributed by atoms with van der Waals surface area (Å²) in [4.78, 5) is 2.79. The molecule has 0 aromatic carbocycles. The quantitative estimate of drug-likeness (QED) is 0.813. The summed E-state index contributed by atoms with van der Waals surface area (Å²) in [6.45, 7) is 10.9. The van der Waals surface area contributed by atoms with Crippen molar-refractivity contribution in [2.24, 2.45) is 11.8 Å². The second kappa shape index (κ2) is 6.19. The van der Waals surface area contributed by atoms with Crippen molar-refractivity contribution in [3.63, 3.8) is 0 Å². The highest BCUT2D eigenvalue weighted by atomic mass is 15.2. The molecule has 4 unspecified atom stereocenters. The minimum Gasteiger partial charge on any atom is -0.314 e. The third kappa shape index (κ3) is 3.45. The van der Waals surface area contributed by atoms with Crippen molar-refractivity contribution in [3.8, 4) is 0 Å². The lowest BCUT2D eigenvalue weighted by molar-refractivity contribution is 0.0692. The molecular formula is C15H30N2. The largest absolute Gasteiger partial charge is 0.314 e. The third-order valence-electron chi connectivity index (χ3n) is 5.02. The van der Waals surface area contributed by atoms with Gasteiger partial charge < -0.3 is 10.2 Å². The highest BCUT2D eigenvalue weighted by Crippen LogP contribution is 2.29. The predicted molar refractivity (Wildman–Crippen MR) is 74.2 cm³/mol. The molecule has 1 aliphatic carbocycles. The maximum absolute atomic E-state index is 3.65. The number of piperidine rings is 1. The van der Waals surface area contributed by atoms with Crippen molar-refractivity contribution in [1.82, 2.24) is 10.2 Å². The van der Waals surface area contributed by atoms with Gasteiger partial charge in [0.1, 0.15) is 0 Å². The standard InChI is InChI=1S/C15H30N2/c1-4-16-14-6-5-7-15(10-14)17-9-8-12(2)13(3)11-17/h12-16H,4-11H2,1-3H3. The third-order valence-corrected chi connectivity index (χ3v) is 5.02. The van der Waals surface area contributed by atoms with E-state index in [-0.39, 0.29) is 0 Å². The van der Waals surface area contributed by atoms with E-state index in [1.54, 1.807) is 0 Å². The molecule has 0 amide bonds. The molecule has 1 saturated heterocycles. The van der Waals surface area contributed by atoms with E-state index in [2.05, 4.69) is 31.0 Å². The van der Waals surface area contributed by atoms with Gasteiger partial charge in [0, 0.05) is 18.6 Å². The Balaban J connectivity index is 1.84. The maximum Gasteiger partial charge on any atom is 0.0110 e. The van der Waals surface area contributed by atoms with Gasteiger partial charge >= 0.3 is 0 Å².